The lowest BCUT2D eigenvalue weighted by Gasteiger charge is -2.30. The van der Waals surface area contributed by atoms with Crippen molar-refractivity contribution in [2.24, 2.45) is 11.8 Å². The fourth-order valence-corrected chi connectivity index (χ4v) is 7.43. The number of hydrogen-bond acceptors (Lipinski definition) is 9. The number of likely N-dealkylation sites (tertiary alicyclic amines) is 1. The van der Waals surface area contributed by atoms with Crippen LogP contribution in [0.5, 0.6) is 0 Å². The Morgan fingerprint density at radius 3 is 2.47 bits per heavy atom. The largest absolute Gasteiger partial charge is 0.434 e. The van der Waals surface area contributed by atoms with Gasteiger partial charge in [-0.05, 0) is 86.9 Å². The number of nitrogens with one attached hydrogen (secondary N) is 3. The van der Waals surface area contributed by atoms with Gasteiger partial charge < -0.3 is 24.7 Å². The molecule has 0 bridgehead atoms. The van der Waals surface area contributed by atoms with Crippen molar-refractivity contribution in [1.29, 1.82) is 0 Å². The summed E-state index contributed by atoms with van der Waals surface area (Å²) in [6, 6.07) is 11.2. The van der Waals surface area contributed by atoms with Crippen molar-refractivity contribution in [3.8, 4) is 0 Å². The summed E-state index contributed by atoms with van der Waals surface area (Å²) in [5.74, 6) is -1.20. The minimum Gasteiger partial charge on any atom is -0.434 e. The molecule has 2 aromatic carbocycles. The lowest BCUT2D eigenvalue weighted by molar-refractivity contribution is -0.140. The quantitative estimate of drug-likeness (QED) is 0.197. The highest BCUT2D eigenvalue weighted by atomic mass is 35.5. The fraction of sp³-hybridized carbons (Fsp3) is 0.543. The third-order valence-corrected chi connectivity index (χ3v) is 10.0. The highest BCUT2D eigenvalue weighted by Crippen LogP contribution is 2.27. The summed E-state index contributed by atoms with van der Waals surface area (Å²) in [4.78, 5) is 47.8. The standard InChI is InChI=1S/C35H46ClN5O7S/c1-22(2)18-29(32(42)34-39-27-6-4-5-7-31(27)48-34)38-33(43)30-19-26(47-21-24-8-11-25(36)12-9-24)20-41(30)35(44)28(40-49(3,45)46)13-10-23-14-16-37-17-15-23/h4-9,11-12,22-23,26,28-30,37,40H,10,13-21H2,1-3H3,(H,38,43)/t26-,28-,29+,30+/m1/s1. The third kappa shape index (κ3) is 10.3. The maximum atomic E-state index is 14.2. The Hall–Kier alpha value is -3.36. The molecule has 0 radical (unpaired) electrons. The Labute approximate surface area is 292 Å². The number of rotatable bonds is 15. The van der Waals surface area contributed by atoms with Crippen LogP contribution < -0.4 is 15.4 Å². The number of ether oxygens (including phenoxy) is 1. The molecular formula is C35H46ClN5O7S. The van der Waals surface area contributed by atoms with Crippen LogP contribution in [0.3, 0.4) is 0 Å². The normalized spacial score (nSPS) is 20.1. The van der Waals surface area contributed by atoms with E-state index in [2.05, 4.69) is 20.3 Å². The fourth-order valence-electron chi connectivity index (χ4n) is 6.57. The van der Waals surface area contributed by atoms with Crippen LogP contribution in [0, 0.1) is 11.8 Å². The van der Waals surface area contributed by atoms with Gasteiger partial charge in [0.05, 0.1) is 25.0 Å². The molecule has 0 spiro atoms. The Morgan fingerprint density at radius 1 is 1.08 bits per heavy atom. The van der Waals surface area contributed by atoms with Crippen LogP contribution in [0.4, 0.5) is 0 Å². The number of carbonyl (C=O) groups is 3. The Bertz CT molecular complexity index is 1680. The first-order valence-corrected chi connectivity index (χ1v) is 19.2. The van der Waals surface area contributed by atoms with Crippen LogP contribution in [0.25, 0.3) is 11.1 Å². The van der Waals surface area contributed by atoms with Gasteiger partial charge in [-0.1, -0.05) is 49.7 Å². The molecular weight excluding hydrogens is 670 g/mol. The van der Waals surface area contributed by atoms with Gasteiger partial charge in [-0.3, -0.25) is 14.4 Å². The van der Waals surface area contributed by atoms with Crippen molar-refractivity contribution in [1.82, 2.24) is 25.2 Å². The molecule has 3 heterocycles. The second kappa shape index (κ2) is 16.6. The zero-order valence-electron chi connectivity index (χ0n) is 28.2. The minimum absolute atomic E-state index is 0.0359. The molecule has 4 atom stereocenters. The number of piperidine rings is 1. The number of benzene rings is 2. The van der Waals surface area contributed by atoms with Gasteiger partial charge in [0, 0.05) is 18.0 Å². The van der Waals surface area contributed by atoms with Crippen LogP contribution in [0.1, 0.15) is 68.6 Å². The van der Waals surface area contributed by atoms with E-state index in [1.165, 1.54) is 4.90 Å². The number of ketones is 1. The molecule has 1 aromatic heterocycles. The molecule has 14 heteroatoms. The molecule has 2 saturated heterocycles. The minimum atomic E-state index is -3.75. The number of Topliss-reactive ketones (excluding diaryl/α,β-unsaturated/α-hetero) is 1. The van der Waals surface area contributed by atoms with Gasteiger partial charge in [0.15, 0.2) is 5.58 Å². The monoisotopic (exact) mass is 715 g/mol. The molecule has 266 valence electrons. The van der Waals surface area contributed by atoms with Gasteiger partial charge in [0.2, 0.25) is 27.6 Å². The van der Waals surface area contributed by atoms with Gasteiger partial charge in [0.25, 0.3) is 5.89 Å². The van der Waals surface area contributed by atoms with E-state index in [-0.39, 0.29) is 31.4 Å². The number of sulfonamides is 1. The highest BCUT2D eigenvalue weighted by Gasteiger charge is 2.44. The average molecular weight is 716 g/mol. The molecule has 2 amide bonds. The van der Waals surface area contributed by atoms with E-state index in [9.17, 15) is 22.8 Å². The molecule has 2 aliphatic rings. The average Bonchev–Trinajstić information content (AvgIpc) is 3.70. The molecule has 49 heavy (non-hydrogen) atoms. The first-order valence-electron chi connectivity index (χ1n) is 16.9. The summed E-state index contributed by atoms with van der Waals surface area (Å²) >= 11 is 6.04. The topological polar surface area (TPSA) is 160 Å². The Morgan fingerprint density at radius 2 is 1.80 bits per heavy atom. The molecule has 2 fully saturated rings. The van der Waals surface area contributed by atoms with Crippen molar-refractivity contribution in [2.45, 2.75) is 83.2 Å². The first kappa shape index (κ1) is 36.9. The first-order chi connectivity index (χ1) is 23.4. The van der Waals surface area contributed by atoms with Crippen LogP contribution >= 0.6 is 11.6 Å². The van der Waals surface area contributed by atoms with Gasteiger partial charge in [0.1, 0.15) is 17.6 Å². The summed E-state index contributed by atoms with van der Waals surface area (Å²) in [6.07, 6.45) is 3.83. The summed E-state index contributed by atoms with van der Waals surface area (Å²) < 4.78 is 39.3. The van der Waals surface area contributed by atoms with Gasteiger partial charge in [-0.15, -0.1) is 0 Å². The maximum absolute atomic E-state index is 14.2. The molecule has 3 N–H and O–H groups in total. The number of fused-ring (bicyclic) bond motifs is 1. The van der Waals surface area contributed by atoms with Crippen LogP contribution in [0.2, 0.25) is 5.02 Å². The molecule has 2 aliphatic heterocycles. The van der Waals surface area contributed by atoms with Crippen LogP contribution in [-0.2, 0) is 31.0 Å². The van der Waals surface area contributed by atoms with E-state index < -0.39 is 51.9 Å². The lowest BCUT2D eigenvalue weighted by Crippen LogP contribution is -2.55. The van der Waals surface area contributed by atoms with Gasteiger partial charge in [-0.25, -0.2) is 18.1 Å². The van der Waals surface area contributed by atoms with E-state index in [0.29, 0.717) is 41.3 Å². The molecule has 0 saturated carbocycles. The number of nitrogens with zero attached hydrogens (tertiary/aromatic N) is 2. The summed E-state index contributed by atoms with van der Waals surface area (Å²) in [5, 5.41) is 6.81. The van der Waals surface area contributed by atoms with E-state index in [0.717, 1.165) is 37.8 Å². The van der Waals surface area contributed by atoms with E-state index in [1.54, 1.807) is 36.4 Å². The number of oxazole rings is 1. The molecule has 0 aliphatic carbocycles. The van der Waals surface area contributed by atoms with Crippen molar-refractivity contribution in [3.05, 3.63) is 65.0 Å². The van der Waals surface area contributed by atoms with Crippen molar-refractivity contribution >= 4 is 50.3 Å². The summed E-state index contributed by atoms with van der Waals surface area (Å²) in [7, 11) is -3.75. The van der Waals surface area contributed by atoms with Crippen LogP contribution in [0.15, 0.2) is 52.9 Å². The zero-order valence-corrected chi connectivity index (χ0v) is 29.8. The molecule has 0 unspecified atom stereocenters. The maximum Gasteiger partial charge on any atom is 0.266 e. The third-order valence-electron chi connectivity index (χ3n) is 9.07. The van der Waals surface area contributed by atoms with E-state index in [4.69, 9.17) is 20.8 Å². The summed E-state index contributed by atoms with van der Waals surface area (Å²) in [5.41, 5.74) is 1.86. The molecule has 3 aromatic rings. The lowest BCUT2D eigenvalue weighted by atomic mass is 9.91. The predicted molar refractivity (Wildman–Crippen MR) is 186 cm³/mol. The van der Waals surface area contributed by atoms with Crippen molar-refractivity contribution < 1.29 is 32.0 Å². The SMILES string of the molecule is CC(C)C[C@H](NC(=O)[C@@H]1C[C@@H](OCc2ccc(Cl)cc2)CN1C(=O)[C@@H](CCC1CCNCC1)NS(C)(=O)=O)C(=O)c1nc2ccccc2o1. The highest BCUT2D eigenvalue weighted by molar-refractivity contribution is 7.88. The summed E-state index contributed by atoms with van der Waals surface area (Å²) in [6.45, 7) is 5.94. The Kier molecular flexibility index (Phi) is 12.5. The van der Waals surface area contributed by atoms with E-state index >= 15 is 0 Å². The van der Waals surface area contributed by atoms with E-state index in [1.807, 2.05) is 26.0 Å². The van der Waals surface area contributed by atoms with Crippen molar-refractivity contribution in [3.63, 3.8) is 0 Å². The number of hydrogen-bond donors (Lipinski definition) is 3. The zero-order chi connectivity index (χ0) is 35.1. The molecule has 5 rings (SSSR count). The number of halogens is 1. The van der Waals surface area contributed by atoms with Gasteiger partial charge in [-0.2, -0.15) is 0 Å². The number of carbonyl (C=O) groups excluding carboxylic acids is 3. The number of amides is 2. The smallest absolute Gasteiger partial charge is 0.266 e. The van der Waals surface area contributed by atoms with Crippen molar-refractivity contribution in [2.75, 3.05) is 25.9 Å². The second-order valence-corrected chi connectivity index (χ2v) is 15.8. The van der Waals surface area contributed by atoms with Crippen LogP contribution in [-0.4, -0.2) is 86.0 Å². The number of para-hydroxylation sites is 2. The second-order valence-electron chi connectivity index (χ2n) is 13.6. The Balaban J connectivity index is 1.37. The molecule has 12 nitrogen and oxygen atoms in total. The van der Waals surface area contributed by atoms with Gasteiger partial charge >= 0.3 is 0 Å². The predicted octanol–water partition coefficient (Wildman–Crippen LogP) is 4.08. The number of aromatic nitrogens is 1.